The van der Waals surface area contributed by atoms with Crippen molar-refractivity contribution in [3.05, 3.63) is 59.7 Å². The third-order valence-electron chi connectivity index (χ3n) is 5.04. The molecule has 2 aromatic rings. The molecule has 1 aliphatic rings. The molecule has 2 amide bonds. The second-order valence-electron chi connectivity index (χ2n) is 7.33. The molecule has 3 rings (SSSR count). The highest BCUT2D eigenvalue weighted by molar-refractivity contribution is 5.95. The van der Waals surface area contributed by atoms with Gasteiger partial charge in [0.05, 0.1) is 6.04 Å². The fourth-order valence-corrected chi connectivity index (χ4v) is 3.43. The summed E-state index contributed by atoms with van der Waals surface area (Å²) in [5.41, 5.74) is 0.826. The number of aromatic hydroxyl groups is 1. The van der Waals surface area contributed by atoms with E-state index in [0.29, 0.717) is 13.1 Å². The maximum Gasteiger partial charge on any atom is 0.276 e. The second-order valence-corrected chi connectivity index (χ2v) is 7.33. The van der Waals surface area contributed by atoms with Crippen LogP contribution in [0.15, 0.2) is 42.6 Å². The number of benzene rings is 1. The summed E-state index contributed by atoms with van der Waals surface area (Å²) in [6, 6.07) is 8.86. The lowest BCUT2D eigenvalue weighted by molar-refractivity contribution is -0.134. The maximum absolute atomic E-state index is 13.2. The number of pyridine rings is 1. The average molecular weight is 385 g/mol. The number of aromatic nitrogens is 1. The van der Waals surface area contributed by atoms with Crippen molar-refractivity contribution in [3.63, 3.8) is 0 Å². The van der Waals surface area contributed by atoms with Gasteiger partial charge in [-0.25, -0.2) is 9.37 Å². The Balaban J connectivity index is 1.84. The molecule has 148 valence electrons. The van der Waals surface area contributed by atoms with Crippen molar-refractivity contribution in [2.45, 2.75) is 32.9 Å². The number of amides is 2. The van der Waals surface area contributed by atoms with Gasteiger partial charge in [0.1, 0.15) is 11.6 Å². The van der Waals surface area contributed by atoms with Gasteiger partial charge in [0.25, 0.3) is 5.91 Å². The minimum absolute atomic E-state index is 0.00978. The molecule has 1 atom stereocenters. The summed E-state index contributed by atoms with van der Waals surface area (Å²) in [5.74, 6) is -0.829. The van der Waals surface area contributed by atoms with Crippen LogP contribution in [0.5, 0.6) is 5.75 Å². The van der Waals surface area contributed by atoms with Crippen molar-refractivity contribution >= 4 is 11.8 Å². The van der Waals surface area contributed by atoms with Crippen molar-refractivity contribution < 1.29 is 19.1 Å². The molecule has 1 aromatic heterocycles. The smallest absolute Gasteiger partial charge is 0.276 e. The Morgan fingerprint density at radius 3 is 2.64 bits per heavy atom. The van der Waals surface area contributed by atoms with Gasteiger partial charge >= 0.3 is 0 Å². The van der Waals surface area contributed by atoms with E-state index in [0.717, 1.165) is 5.56 Å². The summed E-state index contributed by atoms with van der Waals surface area (Å²) in [7, 11) is 0. The fraction of sp³-hybridized carbons (Fsp3) is 0.381. The molecule has 0 unspecified atom stereocenters. The lowest BCUT2D eigenvalue weighted by atomic mass is 10.0. The van der Waals surface area contributed by atoms with Crippen molar-refractivity contribution in [3.8, 4) is 5.75 Å². The highest BCUT2D eigenvalue weighted by Crippen LogP contribution is 2.23. The molecule has 0 aliphatic carbocycles. The van der Waals surface area contributed by atoms with Gasteiger partial charge in [-0.3, -0.25) is 9.59 Å². The van der Waals surface area contributed by atoms with Gasteiger partial charge in [0.2, 0.25) is 5.91 Å². The Bertz CT molecular complexity index is 854. The third-order valence-corrected chi connectivity index (χ3v) is 5.04. The molecule has 1 saturated heterocycles. The Morgan fingerprint density at radius 1 is 1.29 bits per heavy atom. The van der Waals surface area contributed by atoms with Gasteiger partial charge in [-0.1, -0.05) is 26.0 Å². The van der Waals surface area contributed by atoms with E-state index in [1.807, 2.05) is 13.8 Å². The molecule has 0 bridgehead atoms. The molecule has 2 heterocycles. The lowest BCUT2D eigenvalue weighted by Gasteiger charge is -2.34. The van der Waals surface area contributed by atoms with Crippen LogP contribution in [0, 0.1) is 11.7 Å². The molecule has 28 heavy (non-hydrogen) atoms. The predicted octanol–water partition coefficient (Wildman–Crippen LogP) is 2.83. The number of nitrogens with zero attached hydrogens (tertiary/aromatic N) is 3. The molecule has 0 saturated carbocycles. The first kappa shape index (κ1) is 19.8. The first-order valence-corrected chi connectivity index (χ1v) is 9.34. The Labute approximate surface area is 163 Å². The highest BCUT2D eigenvalue weighted by atomic mass is 19.1. The Kier molecular flexibility index (Phi) is 5.92. The van der Waals surface area contributed by atoms with Crippen LogP contribution in [0.4, 0.5) is 4.39 Å². The lowest BCUT2D eigenvalue weighted by Crippen LogP contribution is -2.47. The minimum atomic E-state index is -0.389. The van der Waals surface area contributed by atoms with E-state index in [4.69, 9.17) is 0 Å². The van der Waals surface area contributed by atoms with E-state index in [1.54, 1.807) is 28.0 Å². The highest BCUT2D eigenvalue weighted by Gasteiger charge is 2.34. The summed E-state index contributed by atoms with van der Waals surface area (Å²) >= 11 is 0. The fourth-order valence-electron chi connectivity index (χ4n) is 3.43. The largest absolute Gasteiger partial charge is 0.505 e. The average Bonchev–Trinajstić information content (AvgIpc) is 2.83. The van der Waals surface area contributed by atoms with Crippen molar-refractivity contribution in [1.29, 1.82) is 0 Å². The van der Waals surface area contributed by atoms with Crippen LogP contribution in [0.3, 0.4) is 0 Å². The standard InChI is InChI=1S/C21H24FN3O3/c1-14(2)17-13-24(21(28)20-18(26)4-3-10-23-20)11-9-19(27)25(17)12-15-5-7-16(22)8-6-15/h3-8,10,14,17,26H,9,11-13H2,1-2H3/t17-/m0/s1. The number of carbonyl (C=O) groups excluding carboxylic acids is 2. The van der Waals surface area contributed by atoms with Gasteiger partial charge in [0.15, 0.2) is 5.69 Å². The molecular formula is C21H24FN3O3. The predicted molar refractivity (Wildman–Crippen MR) is 102 cm³/mol. The van der Waals surface area contributed by atoms with Gasteiger partial charge in [-0.05, 0) is 35.7 Å². The Hall–Kier alpha value is -2.96. The molecule has 6 nitrogen and oxygen atoms in total. The second kappa shape index (κ2) is 8.37. The van der Waals surface area contributed by atoms with Gasteiger partial charge in [0, 0.05) is 32.3 Å². The van der Waals surface area contributed by atoms with E-state index < -0.39 is 0 Å². The monoisotopic (exact) mass is 385 g/mol. The molecule has 1 N–H and O–H groups in total. The normalized spacial score (nSPS) is 17.7. The first-order chi connectivity index (χ1) is 13.4. The van der Waals surface area contributed by atoms with E-state index in [-0.39, 0.29) is 54.0 Å². The number of hydrogen-bond donors (Lipinski definition) is 1. The number of rotatable bonds is 4. The SMILES string of the molecule is CC(C)[C@@H]1CN(C(=O)c2ncccc2O)CCC(=O)N1Cc1ccc(F)cc1. The van der Waals surface area contributed by atoms with Crippen molar-refractivity contribution in [2.75, 3.05) is 13.1 Å². The van der Waals surface area contributed by atoms with Crippen LogP contribution in [0.25, 0.3) is 0 Å². The summed E-state index contributed by atoms with van der Waals surface area (Å²) in [4.78, 5) is 33.0. The summed E-state index contributed by atoms with van der Waals surface area (Å²) in [5, 5.41) is 9.96. The summed E-state index contributed by atoms with van der Waals surface area (Å²) < 4.78 is 13.2. The molecule has 0 radical (unpaired) electrons. The zero-order chi connectivity index (χ0) is 20.3. The van der Waals surface area contributed by atoms with Gasteiger partial charge in [-0.2, -0.15) is 0 Å². The van der Waals surface area contributed by atoms with E-state index in [9.17, 15) is 19.1 Å². The topological polar surface area (TPSA) is 73.7 Å². The van der Waals surface area contributed by atoms with Crippen LogP contribution < -0.4 is 0 Å². The molecule has 0 spiro atoms. The van der Waals surface area contributed by atoms with Gasteiger partial charge in [-0.15, -0.1) is 0 Å². The zero-order valence-electron chi connectivity index (χ0n) is 16.0. The van der Waals surface area contributed by atoms with Crippen LogP contribution in [0.2, 0.25) is 0 Å². The Morgan fingerprint density at radius 2 is 2.00 bits per heavy atom. The van der Waals surface area contributed by atoms with Crippen LogP contribution in [-0.2, 0) is 11.3 Å². The van der Waals surface area contributed by atoms with Crippen LogP contribution in [0.1, 0.15) is 36.3 Å². The van der Waals surface area contributed by atoms with E-state index in [1.165, 1.54) is 24.4 Å². The summed E-state index contributed by atoms with van der Waals surface area (Å²) in [6.07, 6.45) is 1.64. The molecule has 7 heteroatoms. The van der Waals surface area contributed by atoms with E-state index in [2.05, 4.69) is 4.98 Å². The van der Waals surface area contributed by atoms with Gasteiger partial charge < -0.3 is 14.9 Å². The molecule has 1 aromatic carbocycles. The minimum Gasteiger partial charge on any atom is -0.505 e. The molecular weight excluding hydrogens is 361 g/mol. The van der Waals surface area contributed by atoms with E-state index >= 15 is 0 Å². The quantitative estimate of drug-likeness (QED) is 0.878. The van der Waals surface area contributed by atoms with Crippen LogP contribution >= 0.6 is 0 Å². The first-order valence-electron chi connectivity index (χ1n) is 9.34. The van der Waals surface area contributed by atoms with Crippen molar-refractivity contribution in [2.24, 2.45) is 5.92 Å². The molecule has 1 fully saturated rings. The number of halogens is 1. The van der Waals surface area contributed by atoms with Crippen LogP contribution in [-0.4, -0.2) is 50.8 Å². The summed E-state index contributed by atoms with van der Waals surface area (Å²) in [6.45, 7) is 4.97. The maximum atomic E-state index is 13.2. The number of hydrogen-bond acceptors (Lipinski definition) is 4. The zero-order valence-corrected chi connectivity index (χ0v) is 16.0. The third kappa shape index (κ3) is 4.30. The number of carbonyl (C=O) groups is 2. The molecule has 1 aliphatic heterocycles. The van der Waals surface area contributed by atoms with Crippen molar-refractivity contribution in [1.82, 2.24) is 14.8 Å².